The van der Waals surface area contributed by atoms with Gasteiger partial charge >= 0.3 is 0 Å². The Bertz CT molecular complexity index is 510. The molecule has 1 aliphatic rings. The highest BCUT2D eigenvalue weighted by molar-refractivity contribution is 5.95. The molecule has 0 unspecified atom stereocenters. The summed E-state index contributed by atoms with van der Waals surface area (Å²) in [6, 6.07) is 5.62. The zero-order valence-corrected chi connectivity index (χ0v) is 11.2. The third kappa shape index (κ3) is 3.14. The molecule has 1 aromatic rings. The summed E-state index contributed by atoms with van der Waals surface area (Å²) in [6.45, 7) is -0.104. The Morgan fingerprint density at radius 1 is 1.35 bits per heavy atom. The highest BCUT2D eigenvalue weighted by atomic mass is 16.6. The lowest BCUT2D eigenvalue weighted by Gasteiger charge is -2.36. The highest BCUT2D eigenvalue weighted by Gasteiger charge is 2.33. The minimum atomic E-state index is -0.583. The number of nitrogens with one attached hydrogen (secondary N) is 1. The zero-order valence-electron chi connectivity index (χ0n) is 11.2. The van der Waals surface area contributed by atoms with E-state index in [9.17, 15) is 20.0 Å². The fourth-order valence-corrected chi connectivity index (χ4v) is 2.62. The van der Waals surface area contributed by atoms with Crippen LogP contribution < -0.4 is 5.32 Å². The van der Waals surface area contributed by atoms with Crippen molar-refractivity contribution < 1.29 is 14.8 Å². The number of hydrogen-bond acceptors (Lipinski definition) is 4. The molecule has 0 saturated heterocycles. The monoisotopic (exact) mass is 278 g/mol. The molecule has 0 aromatic heterocycles. The molecular weight excluding hydrogens is 260 g/mol. The molecule has 6 heteroatoms. The second-order valence-corrected chi connectivity index (χ2v) is 5.26. The van der Waals surface area contributed by atoms with Gasteiger partial charge < -0.3 is 10.4 Å². The van der Waals surface area contributed by atoms with Crippen molar-refractivity contribution in [2.45, 2.75) is 37.6 Å². The molecule has 1 saturated carbocycles. The Kier molecular flexibility index (Phi) is 4.34. The van der Waals surface area contributed by atoms with Crippen molar-refractivity contribution in [1.82, 2.24) is 5.32 Å². The maximum Gasteiger partial charge on any atom is 0.270 e. The van der Waals surface area contributed by atoms with E-state index in [4.69, 9.17) is 0 Å². The molecule has 0 bridgehead atoms. The van der Waals surface area contributed by atoms with Crippen LogP contribution >= 0.6 is 0 Å². The number of aliphatic hydroxyl groups is 1. The fourth-order valence-electron chi connectivity index (χ4n) is 2.62. The summed E-state index contributed by atoms with van der Waals surface area (Å²) < 4.78 is 0. The van der Waals surface area contributed by atoms with Crippen molar-refractivity contribution in [3.63, 3.8) is 0 Å². The molecule has 108 valence electrons. The Morgan fingerprint density at radius 2 is 2.05 bits per heavy atom. The molecule has 0 heterocycles. The number of nitro groups is 1. The maximum atomic E-state index is 12.2. The van der Waals surface area contributed by atoms with Crippen LogP contribution in [0, 0.1) is 10.1 Å². The van der Waals surface area contributed by atoms with E-state index >= 15 is 0 Å². The Hall–Kier alpha value is -1.95. The first-order valence-electron chi connectivity index (χ1n) is 6.74. The summed E-state index contributed by atoms with van der Waals surface area (Å²) in [7, 11) is 0. The first-order valence-corrected chi connectivity index (χ1v) is 6.74. The van der Waals surface area contributed by atoms with Gasteiger partial charge in [-0.2, -0.15) is 0 Å². The van der Waals surface area contributed by atoms with Gasteiger partial charge in [0.2, 0.25) is 0 Å². The molecule has 20 heavy (non-hydrogen) atoms. The third-order valence-corrected chi connectivity index (χ3v) is 3.81. The summed E-state index contributed by atoms with van der Waals surface area (Å²) in [6.07, 6.45) is 4.52. The molecule has 1 amide bonds. The van der Waals surface area contributed by atoms with Gasteiger partial charge in [0.25, 0.3) is 11.6 Å². The number of benzene rings is 1. The minimum Gasteiger partial charge on any atom is -0.394 e. The van der Waals surface area contributed by atoms with Gasteiger partial charge in [0.1, 0.15) is 0 Å². The van der Waals surface area contributed by atoms with E-state index in [0.717, 1.165) is 32.1 Å². The van der Waals surface area contributed by atoms with Crippen LogP contribution in [0.3, 0.4) is 0 Å². The summed E-state index contributed by atoms with van der Waals surface area (Å²) >= 11 is 0. The molecule has 0 aliphatic heterocycles. The van der Waals surface area contributed by atoms with Crippen LogP contribution in [0.2, 0.25) is 0 Å². The van der Waals surface area contributed by atoms with Crippen molar-refractivity contribution in [3.8, 4) is 0 Å². The van der Waals surface area contributed by atoms with Gasteiger partial charge in [-0.25, -0.2) is 0 Å². The van der Waals surface area contributed by atoms with Crippen LogP contribution in [0.5, 0.6) is 0 Å². The topological polar surface area (TPSA) is 92.5 Å². The largest absolute Gasteiger partial charge is 0.394 e. The van der Waals surface area contributed by atoms with Crippen molar-refractivity contribution in [3.05, 3.63) is 39.9 Å². The van der Waals surface area contributed by atoms with E-state index in [1.54, 1.807) is 0 Å². The molecule has 1 aromatic carbocycles. The number of aliphatic hydroxyl groups excluding tert-OH is 1. The van der Waals surface area contributed by atoms with Crippen molar-refractivity contribution in [1.29, 1.82) is 0 Å². The van der Waals surface area contributed by atoms with Crippen LogP contribution in [0.25, 0.3) is 0 Å². The average molecular weight is 278 g/mol. The first kappa shape index (κ1) is 14.5. The van der Waals surface area contributed by atoms with Crippen LogP contribution in [0.15, 0.2) is 24.3 Å². The molecule has 0 radical (unpaired) electrons. The first-order chi connectivity index (χ1) is 9.56. The summed E-state index contributed by atoms with van der Waals surface area (Å²) in [4.78, 5) is 22.4. The van der Waals surface area contributed by atoms with E-state index in [1.807, 2.05) is 0 Å². The lowest BCUT2D eigenvalue weighted by molar-refractivity contribution is -0.384. The smallest absolute Gasteiger partial charge is 0.270 e. The predicted molar refractivity (Wildman–Crippen MR) is 73.5 cm³/mol. The maximum absolute atomic E-state index is 12.2. The average Bonchev–Trinajstić information content (AvgIpc) is 2.48. The second kappa shape index (κ2) is 6.00. The minimum absolute atomic E-state index is 0.104. The fraction of sp³-hybridized carbons (Fsp3) is 0.500. The van der Waals surface area contributed by atoms with Crippen molar-refractivity contribution in [2.24, 2.45) is 0 Å². The lowest BCUT2D eigenvalue weighted by atomic mass is 9.82. The highest BCUT2D eigenvalue weighted by Crippen LogP contribution is 2.28. The lowest BCUT2D eigenvalue weighted by Crippen LogP contribution is -2.52. The van der Waals surface area contributed by atoms with E-state index < -0.39 is 10.5 Å². The molecule has 6 nitrogen and oxygen atoms in total. The molecule has 1 aliphatic carbocycles. The standard InChI is InChI=1S/C14H18N2O4/c17-10-14(7-2-1-3-8-14)15-13(18)11-5-4-6-12(9-11)16(19)20/h4-6,9,17H,1-3,7-8,10H2,(H,15,18). The predicted octanol–water partition coefficient (Wildman–Crippen LogP) is 2.02. The van der Waals surface area contributed by atoms with Crippen LogP contribution in [-0.4, -0.2) is 28.1 Å². The van der Waals surface area contributed by atoms with Crippen molar-refractivity contribution >= 4 is 11.6 Å². The second-order valence-electron chi connectivity index (χ2n) is 5.26. The Balaban J connectivity index is 2.14. The van der Waals surface area contributed by atoms with E-state index in [1.165, 1.54) is 24.3 Å². The Morgan fingerprint density at radius 3 is 2.65 bits per heavy atom. The van der Waals surface area contributed by atoms with Crippen molar-refractivity contribution in [2.75, 3.05) is 6.61 Å². The van der Waals surface area contributed by atoms with Gasteiger partial charge in [0, 0.05) is 17.7 Å². The Labute approximate surface area is 117 Å². The summed E-state index contributed by atoms with van der Waals surface area (Å²) in [5.41, 5.74) is -0.447. The quantitative estimate of drug-likeness (QED) is 0.651. The van der Waals surface area contributed by atoms with E-state index in [2.05, 4.69) is 5.32 Å². The van der Waals surface area contributed by atoms with Gasteiger partial charge in [-0.1, -0.05) is 25.3 Å². The molecule has 0 atom stereocenters. The molecular formula is C14H18N2O4. The van der Waals surface area contributed by atoms with Crippen LogP contribution in [-0.2, 0) is 0 Å². The summed E-state index contributed by atoms with van der Waals surface area (Å²) in [5, 5.41) is 23.1. The zero-order chi connectivity index (χ0) is 14.6. The third-order valence-electron chi connectivity index (χ3n) is 3.81. The van der Waals surface area contributed by atoms with Crippen LogP contribution in [0.4, 0.5) is 5.69 Å². The summed E-state index contributed by atoms with van der Waals surface area (Å²) in [5.74, 6) is -0.371. The number of carbonyl (C=O) groups excluding carboxylic acids is 1. The number of non-ortho nitro benzene ring substituents is 1. The number of nitrogens with zero attached hydrogens (tertiary/aromatic N) is 1. The molecule has 2 rings (SSSR count). The van der Waals surface area contributed by atoms with Gasteiger partial charge in [-0.3, -0.25) is 14.9 Å². The molecule has 1 fully saturated rings. The molecule has 2 N–H and O–H groups in total. The SMILES string of the molecule is O=C(NC1(CO)CCCCC1)c1cccc([N+](=O)[O-])c1. The van der Waals surface area contributed by atoms with Gasteiger partial charge in [-0.15, -0.1) is 0 Å². The normalized spacial score (nSPS) is 17.4. The number of carbonyl (C=O) groups is 1. The van der Waals surface area contributed by atoms with E-state index in [-0.39, 0.29) is 23.8 Å². The number of nitro benzene ring substituents is 1. The van der Waals surface area contributed by atoms with Gasteiger partial charge in [-0.05, 0) is 18.9 Å². The van der Waals surface area contributed by atoms with Gasteiger partial charge in [0.05, 0.1) is 17.1 Å². The molecule has 0 spiro atoms. The van der Waals surface area contributed by atoms with E-state index in [0.29, 0.717) is 0 Å². The van der Waals surface area contributed by atoms with Crippen LogP contribution in [0.1, 0.15) is 42.5 Å². The number of hydrogen-bond donors (Lipinski definition) is 2. The number of amides is 1. The van der Waals surface area contributed by atoms with Gasteiger partial charge in [0.15, 0.2) is 0 Å². The number of rotatable bonds is 4.